The fraction of sp³-hybridized carbons (Fsp3) is 0.917. The van der Waals surface area contributed by atoms with Gasteiger partial charge in [-0.3, -0.25) is 4.79 Å². The average Bonchev–Trinajstić information content (AvgIpc) is 2.64. The van der Waals surface area contributed by atoms with Crippen LogP contribution in [0, 0.1) is 11.8 Å². The Kier molecular flexibility index (Phi) is 4.99. The molecule has 0 radical (unpaired) electrons. The van der Waals surface area contributed by atoms with Crippen LogP contribution in [0.15, 0.2) is 0 Å². The van der Waals surface area contributed by atoms with Crippen molar-refractivity contribution in [2.45, 2.75) is 52.4 Å². The summed E-state index contributed by atoms with van der Waals surface area (Å²) in [5, 5.41) is 2.97. The van der Waals surface area contributed by atoms with Crippen molar-refractivity contribution in [2.24, 2.45) is 11.8 Å². The van der Waals surface area contributed by atoms with Crippen LogP contribution in [0.3, 0.4) is 0 Å². The van der Waals surface area contributed by atoms with E-state index in [1.54, 1.807) is 0 Å². The van der Waals surface area contributed by atoms with E-state index in [4.69, 9.17) is 0 Å². The maximum atomic E-state index is 11.2. The lowest BCUT2D eigenvalue weighted by atomic mass is 10.0. The molecule has 0 saturated heterocycles. The van der Waals surface area contributed by atoms with Gasteiger partial charge in [-0.05, 0) is 18.8 Å². The SMILES string of the molecule is CC(C)C(=O)NCCCC1CCCC1. The minimum absolute atomic E-state index is 0.126. The topological polar surface area (TPSA) is 29.1 Å². The van der Waals surface area contributed by atoms with Gasteiger partial charge in [0.25, 0.3) is 0 Å². The first-order valence-corrected chi connectivity index (χ1v) is 5.98. The Morgan fingerprint density at radius 3 is 2.57 bits per heavy atom. The van der Waals surface area contributed by atoms with Gasteiger partial charge in [0, 0.05) is 12.5 Å². The summed E-state index contributed by atoms with van der Waals surface area (Å²) in [4.78, 5) is 11.2. The first kappa shape index (κ1) is 11.5. The zero-order valence-corrected chi connectivity index (χ0v) is 9.51. The molecule has 1 N–H and O–H groups in total. The Balaban J connectivity index is 1.96. The molecule has 1 aliphatic carbocycles. The van der Waals surface area contributed by atoms with Crippen LogP contribution in [0.4, 0.5) is 0 Å². The zero-order chi connectivity index (χ0) is 10.4. The van der Waals surface area contributed by atoms with E-state index in [0.717, 1.165) is 18.9 Å². The van der Waals surface area contributed by atoms with Gasteiger partial charge in [-0.25, -0.2) is 0 Å². The second-order valence-corrected chi connectivity index (χ2v) is 4.74. The lowest BCUT2D eigenvalue weighted by molar-refractivity contribution is -0.123. The third-order valence-corrected chi connectivity index (χ3v) is 3.09. The smallest absolute Gasteiger partial charge is 0.222 e. The molecule has 1 rings (SSSR count). The van der Waals surface area contributed by atoms with Gasteiger partial charge in [-0.15, -0.1) is 0 Å². The number of hydrogen-bond donors (Lipinski definition) is 1. The van der Waals surface area contributed by atoms with E-state index in [1.807, 2.05) is 13.8 Å². The van der Waals surface area contributed by atoms with Gasteiger partial charge in [0.2, 0.25) is 5.91 Å². The second-order valence-electron chi connectivity index (χ2n) is 4.74. The molecule has 0 bridgehead atoms. The maximum Gasteiger partial charge on any atom is 0.222 e. The quantitative estimate of drug-likeness (QED) is 0.675. The normalized spacial score (nSPS) is 17.6. The highest BCUT2D eigenvalue weighted by Crippen LogP contribution is 2.28. The third-order valence-electron chi connectivity index (χ3n) is 3.09. The van der Waals surface area contributed by atoms with Crippen LogP contribution >= 0.6 is 0 Å². The molecule has 1 saturated carbocycles. The van der Waals surface area contributed by atoms with Crippen molar-refractivity contribution >= 4 is 5.91 Å². The van der Waals surface area contributed by atoms with Gasteiger partial charge >= 0.3 is 0 Å². The Labute approximate surface area is 87.5 Å². The van der Waals surface area contributed by atoms with Crippen molar-refractivity contribution in [3.8, 4) is 0 Å². The van der Waals surface area contributed by atoms with Gasteiger partial charge < -0.3 is 5.32 Å². The highest BCUT2D eigenvalue weighted by atomic mass is 16.1. The van der Waals surface area contributed by atoms with Crippen LogP contribution < -0.4 is 5.32 Å². The van der Waals surface area contributed by atoms with Gasteiger partial charge in [0.1, 0.15) is 0 Å². The maximum absolute atomic E-state index is 11.2. The standard InChI is InChI=1S/C12H23NO/c1-10(2)12(14)13-9-5-8-11-6-3-4-7-11/h10-11H,3-9H2,1-2H3,(H,13,14). The van der Waals surface area contributed by atoms with Crippen molar-refractivity contribution in [3.05, 3.63) is 0 Å². The molecule has 1 amide bonds. The molecule has 0 aromatic carbocycles. The van der Waals surface area contributed by atoms with Crippen LogP contribution in [-0.2, 0) is 4.79 Å². The van der Waals surface area contributed by atoms with Crippen LogP contribution in [0.5, 0.6) is 0 Å². The van der Waals surface area contributed by atoms with Crippen molar-refractivity contribution in [2.75, 3.05) is 6.54 Å². The fourth-order valence-electron chi connectivity index (χ4n) is 2.11. The molecule has 14 heavy (non-hydrogen) atoms. The molecule has 82 valence electrons. The first-order chi connectivity index (χ1) is 6.70. The summed E-state index contributed by atoms with van der Waals surface area (Å²) in [5.41, 5.74) is 0. The molecule has 2 heteroatoms. The van der Waals surface area contributed by atoms with Crippen LogP contribution in [0.2, 0.25) is 0 Å². The second kappa shape index (κ2) is 6.05. The van der Waals surface area contributed by atoms with E-state index in [9.17, 15) is 4.79 Å². The number of amides is 1. The molecular weight excluding hydrogens is 174 g/mol. The molecular formula is C12H23NO. The molecule has 1 aliphatic rings. The Morgan fingerprint density at radius 1 is 1.36 bits per heavy atom. The van der Waals surface area contributed by atoms with Gasteiger partial charge in [0.15, 0.2) is 0 Å². The number of carbonyl (C=O) groups excluding carboxylic acids is 1. The summed E-state index contributed by atoms with van der Waals surface area (Å²) in [5.74, 6) is 1.27. The number of rotatable bonds is 5. The molecule has 1 fully saturated rings. The largest absolute Gasteiger partial charge is 0.356 e. The Bertz CT molecular complexity index is 171. The third kappa shape index (κ3) is 4.12. The zero-order valence-electron chi connectivity index (χ0n) is 9.51. The van der Waals surface area contributed by atoms with Crippen LogP contribution in [-0.4, -0.2) is 12.5 Å². The average molecular weight is 197 g/mol. The first-order valence-electron chi connectivity index (χ1n) is 5.98. The predicted molar refractivity (Wildman–Crippen MR) is 59.0 cm³/mol. The molecule has 0 unspecified atom stereocenters. The fourth-order valence-corrected chi connectivity index (χ4v) is 2.11. The van der Waals surface area contributed by atoms with E-state index < -0.39 is 0 Å². The number of carbonyl (C=O) groups is 1. The molecule has 0 aliphatic heterocycles. The summed E-state index contributed by atoms with van der Waals surface area (Å²) in [7, 11) is 0. The van der Waals surface area contributed by atoms with Crippen LogP contribution in [0.25, 0.3) is 0 Å². The summed E-state index contributed by atoms with van der Waals surface area (Å²) in [6.45, 7) is 4.74. The Morgan fingerprint density at radius 2 is 2.00 bits per heavy atom. The molecule has 2 nitrogen and oxygen atoms in total. The summed E-state index contributed by atoms with van der Waals surface area (Å²) in [6, 6.07) is 0. The lowest BCUT2D eigenvalue weighted by Crippen LogP contribution is -2.28. The van der Waals surface area contributed by atoms with Crippen molar-refractivity contribution in [1.29, 1.82) is 0 Å². The minimum Gasteiger partial charge on any atom is -0.356 e. The summed E-state index contributed by atoms with van der Waals surface area (Å²) in [6.07, 6.45) is 8.13. The van der Waals surface area contributed by atoms with E-state index in [2.05, 4.69) is 5.32 Å². The highest BCUT2D eigenvalue weighted by Gasteiger charge is 2.14. The molecule has 0 atom stereocenters. The molecule has 0 aromatic rings. The van der Waals surface area contributed by atoms with E-state index in [-0.39, 0.29) is 11.8 Å². The summed E-state index contributed by atoms with van der Waals surface area (Å²) >= 11 is 0. The van der Waals surface area contributed by atoms with Gasteiger partial charge in [-0.1, -0.05) is 39.5 Å². The van der Waals surface area contributed by atoms with Crippen LogP contribution in [0.1, 0.15) is 52.4 Å². The monoisotopic (exact) mass is 197 g/mol. The van der Waals surface area contributed by atoms with E-state index >= 15 is 0 Å². The number of nitrogens with one attached hydrogen (secondary N) is 1. The van der Waals surface area contributed by atoms with Gasteiger partial charge in [0.05, 0.1) is 0 Å². The van der Waals surface area contributed by atoms with Crippen molar-refractivity contribution in [3.63, 3.8) is 0 Å². The van der Waals surface area contributed by atoms with Gasteiger partial charge in [-0.2, -0.15) is 0 Å². The van der Waals surface area contributed by atoms with Crippen molar-refractivity contribution < 1.29 is 4.79 Å². The lowest BCUT2D eigenvalue weighted by Gasteiger charge is -2.10. The number of hydrogen-bond acceptors (Lipinski definition) is 1. The summed E-state index contributed by atoms with van der Waals surface area (Å²) < 4.78 is 0. The predicted octanol–water partition coefficient (Wildman–Crippen LogP) is 2.73. The highest BCUT2D eigenvalue weighted by molar-refractivity contribution is 5.77. The van der Waals surface area contributed by atoms with E-state index in [1.165, 1.54) is 32.1 Å². The molecule has 0 heterocycles. The molecule has 0 spiro atoms. The minimum atomic E-state index is 0.126. The Hall–Kier alpha value is -0.530. The van der Waals surface area contributed by atoms with Crippen molar-refractivity contribution in [1.82, 2.24) is 5.32 Å². The molecule has 0 aromatic heterocycles. The van der Waals surface area contributed by atoms with E-state index in [0.29, 0.717) is 0 Å².